The molecule has 2 fully saturated rings. The van der Waals surface area contributed by atoms with E-state index >= 15 is 0 Å². The third-order valence-corrected chi connectivity index (χ3v) is 4.94. The van der Waals surface area contributed by atoms with E-state index in [1.165, 1.54) is 12.8 Å². The van der Waals surface area contributed by atoms with Gasteiger partial charge < -0.3 is 4.90 Å². The van der Waals surface area contributed by atoms with Crippen LogP contribution < -0.4 is 0 Å². The SMILES string of the molecule is CC1SC2(CCN(C)CC2)CC1=O. The number of thioether (sulfide) groups is 1. The Labute approximate surface area is 84.1 Å². The van der Waals surface area contributed by atoms with Gasteiger partial charge in [0.2, 0.25) is 0 Å². The molecule has 0 radical (unpaired) electrons. The Morgan fingerprint density at radius 2 is 2.08 bits per heavy atom. The molecular formula is C10H17NOS. The predicted octanol–water partition coefficient (Wildman–Crippen LogP) is 1.55. The second kappa shape index (κ2) is 3.28. The van der Waals surface area contributed by atoms with Gasteiger partial charge in [-0.3, -0.25) is 4.79 Å². The summed E-state index contributed by atoms with van der Waals surface area (Å²) < 4.78 is 0.322. The first-order valence-corrected chi connectivity index (χ1v) is 5.88. The van der Waals surface area contributed by atoms with Crippen LogP contribution in [0.5, 0.6) is 0 Å². The molecule has 0 N–H and O–H groups in total. The number of piperidine rings is 1. The molecule has 0 amide bonds. The van der Waals surface area contributed by atoms with Crippen molar-refractivity contribution in [3.05, 3.63) is 0 Å². The van der Waals surface area contributed by atoms with Crippen LogP contribution in [0.25, 0.3) is 0 Å². The lowest BCUT2D eigenvalue weighted by Crippen LogP contribution is -2.39. The molecule has 13 heavy (non-hydrogen) atoms. The summed E-state index contributed by atoms with van der Waals surface area (Å²) in [7, 11) is 2.16. The predicted molar refractivity (Wildman–Crippen MR) is 56.1 cm³/mol. The minimum Gasteiger partial charge on any atom is -0.306 e. The average molecular weight is 199 g/mol. The summed E-state index contributed by atoms with van der Waals surface area (Å²) in [6.07, 6.45) is 3.22. The van der Waals surface area contributed by atoms with Crippen molar-refractivity contribution in [3.63, 3.8) is 0 Å². The molecule has 1 atom stereocenters. The van der Waals surface area contributed by atoms with Crippen LogP contribution in [0, 0.1) is 0 Å². The van der Waals surface area contributed by atoms with Crippen LogP contribution in [-0.2, 0) is 4.79 Å². The van der Waals surface area contributed by atoms with E-state index in [4.69, 9.17) is 0 Å². The molecule has 2 aliphatic rings. The summed E-state index contributed by atoms with van der Waals surface area (Å²) in [4.78, 5) is 13.9. The first-order valence-electron chi connectivity index (χ1n) is 5.00. The number of carbonyl (C=O) groups is 1. The molecule has 0 aromatic carbocycles. The van der Waals surface area contributed by atoms with Gasteiger partial charge >= 0.3 is 0 Å². The molecule has 2 nitrogen and oxygen atoms in total. The van der Waals surface area contributed by atoms with Crippen LogP contribution in [0.1, 0.15) is 26.2 Å². The molecule has 2 aliphatic heterocycles. The van der Waals surface area contributed by atoms with Crippen molar-refractivity contribution in [2.24, 2.45) is 0 Å². The molecule has 3 heteroatoms. The molecule has 2 rings (SSSR count). The Morgan fingerprint density at radius 3 is 2.54 bits per heavy atom. The zero-order valence-electron chi connectivity index (χ0n) is 8.38. The zero-order chi connectivity index (χ0) is 9.47. The molecule has 74 valence electrons. The van der Waals surface area contributed by atoms with Gasteiger partial charge in [0.1, 0.15) is 5.78 Å². The summed E-state index contributed by atoms with van der Waals surface area (Å²) in [6.45, 7) is 4.38. The van der Waals surface area contributed by atoms with Crippen molar-refractivity contribution in [1.82, 2.24) is 4.90 Å². The molecule has 2 heterocycles. The maximum absolute atomic E-state index is 11.5. The van der Waals surface area contributed by atoms with Crippen molar-refractivity contribution in [3.8, 4) is 0 Å². The molecule has 0 saturated carbocycles. The van der Waals surface area contributed by atoms with Crippen LogP contribution in [-0.4, -0.2) is 40.8 Å². The largest absolute Gasteiger partial charge is 0.306 e. The number of hydrogen-bond donors (Lipinski definition) is 0. The van der Waals surface area contributed by atoms with Gasteiger partial charge in [0.05, 0.1) is 5.25 Å². The van der Waals surface area contributed by atoms with Gasteiger partial charge in [-0.2, -0.15) is 0 Å². The number of hydrogen-bond acceptors (Lipinski definition) is 3. The molecular weight excluding hydrogens is 182 g/mol. The second-order valence-corrected chi connectivity index (χ2v) is 6.20. The molecule has 0 aliphatic carbocycles. The van der Waals surface area contributed by atoms with Crippen molar-refractivity contribution in [2.45, 2.75) is 36.2 Å². The minimum absolute atomic E-state index is 0.253. The molecule has 0 aromatic rings. The topological polar surface area (TPSA) is 20.3 Å². The first-order chi connectivity index (χ1) is 6.11. The van der Waals surface area contributed by atoms with E-state index in [9.17, 15) is 4.79 Å². The summed E-state index contributed by atoms with van der Waals surface area (Å²) in [5, 5.41) is 0.253. The number of carbonyl (C=O) groups excluding carboxylic acids is 1. The fourth-order valence-corrected chi connectivity index (χ4v) is 3.87. The van der Waals surface area contributed by atoms with E-state index in [1.807, 2.05) is 11.8 Å². The maximum Gasteiger partial charge on any atom is 0.146 e. The maximum atomic E-state index is 11.5. The van der Waals surface area contributed by atoms with E-state index in [1.54, 1.807) is 0 Å². The highest BCUT2D eigenvalue weighted by Gasteiger charge is 2.44. The average Bonchev–Trinajstić information content (AvgIpc) is 2.36. The molecule has 0 aromatic heterocycles. The highest BCUT2D eigenvalue weighted by atomic mass is 32.2. The molecule has 1 spiro atoms. The Hall–Kier alpha value is -0.0200. The fraction of sp³-hybridized carbons (Fsp3) is 0.900. The Bertz CT molecular complexity index is 221. The van der Waals surface area contributed by atoms with Crippen LogP contribution in [0.15, 0.2) is 0 Å². The lowest BCUT2D eigenvalue weighted by molar-refractivity contribution is -0.118. The van der Waals surface area contributed by atoms with E-state index in [0.717, 1.165) is 19.5 Å². The Balaban J connectivity index is 2.03. The number of ketones is 1. The minimum atomic E-state index is 0.253. The second-order valence-electron chi connectivity index (χ2n) is 4.39. The van der Waals surface area contributed by atoms with Gasteiger partial charge in [0, 0.05) is 11.2 Å². The highest BCUT2D eigenvalue weighted by Crippen LogP contribution is 2.47. The van der Waals surface area contributed by atoms with E-state index in [-0.39, 0.29) is 5.25 Å². The van der Waals surface area contributed by atoms with Crippen LogP contribution in [0.3, 0.4) is 0 Å². The number of Topliss-reactive ketones (excluding diaryl/α,β-unsaturated/α-hetero) is 1. The molecule has 2 saturated heterocycles. The van der Waals surface area contributed by atoms with Gasteiger partial charge in [0.15, 0.2) is 0 Å². The lowest BCUT2D eigenvalue weighted by atomic mass is 9.91. The third-order valence-electron chi connectivity index (χ3n) is 3.27. The van der Waals surface area contributed by atoms with Gasteiger partial charge in [-0.25, -0.2) is 0 Å². The standard InChI is InChI=1S/C10H17NOS/c1-8-9(12)7-10(13-8)3-5-11(2)6-4-10/h8H,3-7H2,1-2H3. The Kier molecular flexibility index (Phi) is 2.41. The van der Waals surface area contributed by atoms with Crippen LogP contribution >= 0.6 is 11.8 Å². The van der Waals surface area contributed by atoms with Crippen molar-refractivity contribution in [2.75, 3.05) is 20.1 Å². The quantitative estimate of drug-likeness (QED) is 0.590. The number of nitrogens with zero attached hydrogens (tertiary/aromatic N) is 1. The summed E-state index contributed by atoms with van der Waals surface area (Å²) in [5.74, 6) is 0.467. The van der Waals surface area contributed by atoms with Crippen molar-refractivity contribution in [1.29, 1.82) is 0 Å². The highest BCUT2D eigenvalue weighted by molar-refractivity contribution is 8.02. The van der Waals surface area contributed by atoms with Gasteiger partial charge in [-0.05, 0) is 39.9 Å². The number of likely N-dealkylation sites (tertiary alicyclic amines) is 1. The third kappa shape index (κ3) is 1.77. The van der Waals surface area contributed by atoms with Gasteiger partial charge in [-0.15, -0.1) is 11.8 Å². The zero-order valence-corrected chi connectivity index (χ0v) is 9.19. The van der Waals surface area contributed by atoms with Gasteiger partial charge in [-0.1, -0.05) is 0 Å². The summed E-state index contributed by atoms with van der Waals surface area (Å²) in [5.41, 5.74) is 0. The van der Waals surface area contributed by atoms with Crippen LogP contribution in [0.2, 0.25) is 0 Å². The normalized spacial score (nSPS) is 34.3. The Morgan fingerprint density at radius 1 is 1.46 bits per heavy atom. The number of rotatable bonds is 0. The molecule has 0 bridgehead atoms. The van der Waals surface area contributed by atoms with E-state index < -0.39 is 0 Å². The molecule has 1 unspecified atom stereocenters. The first kappa shape index (κ1) is 9.53. The monoisotopic (exact) mass is 199 g/mol. The van der Waals surface area contributed by atoms with E-state index in [2.05, 4.69) is 18.9 Å². The smallest absolute Gasteiger partial charge is 0.146 e. The fourth-order valence-electron chi connectivity index (χ4n) is 2.26. The van der Waals surface area contributed by atoms with Gasteiger partial charge in [0.25, 0.3) is 0 Å². The van der Waals surface area contributed by atoms with E-state index in [0.29, 0.717) is 10.5 Å². The van der Waals surface area contributed by atoms with Crippen molar-refractivity contribution < 1.29 is 4.79 Å². The summed E-state index contributed by atoms with van der Waals surface area (Å²) in [6, 6.07) is 0. The van der Waals surface area contributed by atoms with Crippen molar-refractivity contribution >= 4 is 17.5 Å². The lowest BCUT2D eigenvalue weighted by Gasteiger charge is -2.36. The van der Waals surface area contributed by atoms with Crippen LogP contribution in [0.4, 0.5) is 0 Å². The summed E-state index contributed by atoms with van der Waals surface area (Å²) >= 11 is 1.92.